The molecular weight excluding hydrogens is 427 g/mol. The lowest BCUT2D eigenvalue weighted by Crippen LogP contribution is -2.59. The number of nitrogens with one attached hydrogen (secondary N) is 1. The van der Waals surface area contributed by atoms with E-state index >= 15 is 0 Å². The van der Waals surface area contributed by atoms with Crippen LogP contribution in [0.3, 0.4) is 0 Å². The zero-order valence-electron chi connectivity index (χ0n) is 15.4. The van der Waals surface area contributed by atoms with Crippen LogP contribution < -0.4 is 0 Å². The predicted molar refractivity (Wildman–Crippen MR) is 99.9 cm³/mol. The van der Waals surface area contributed by atoms with Crippen molar-refractivity contribution in [1.82, 2.24) is 0 Å². The fourth-order valence-electron chi connectivity index (χ4n) is 4.65. The molecule has 1 aromatic rings. The highest BCUT2D eigenvalue weighted by Crippen LogP contribution is 2.68. The predicted octanol–water partition coefficient (Wildman–Crippen LogP) is 4.73. The fraction of sp³-hybridized carbons (Fsp3) is 0.500. The minimum absolute atomic E-state index is 0.148. The largest absolute Gasteiger partial charge is 0.447 e. The lowest BCUT2D eigenvalue weighted by Gasteiger charge is -2.49. The minimum atomic E-state index is -2.02. The summed E-state index contributed by atoms with van der Waals surface area (Å²) in [6.07, 6.45) is 0.248. The first kappa shape index (κ1) is 20.3. The van der Waals surface area contributed by atoms with Crippen LogP contribution >= 0.6 is 15.9 Å². The van der Waals surface area contributed by atoms with Gasteiger partial charge in [-0.2, -0.15) is 15.8 Å². The molecule has 2 bridgehead atoms. The Kier molecular flexibility index (Phi) is 4.96. The molecule has 0 saturated carbocycles. The molecule has 0 aliphatic carbocycles. The summed E-state index contributed by atoms with van der Waals surface area (Å²) in [6.45, 7) is 3.74. The first-order chi connectivity index (χ1) is 13.3. The zero-order chi connectivity index (χ0) is 20.7. The summed E-state index contributed by atoms with van der Waals surface area (Å²) in [5.74, 6) is -2.87. The maximum Gasteiger partial charge on any atom is 0.217 e. The summed E-state index contributed by atoms with van der Waals surface area (Å²) >= 11 is 3.12. The summed E-state index contributed by atoms with van der Waals surface area (Å²) in [5.41, 5.74) is -3.45. The Morgan fingerprint density at radius 1 is 1.21 bits per heavy atom. The second-order valence-electron chi connectivity index (χ2n) is 7.08. The Morgan fingerprint density at radius 3 is 2.39 bits per heavy atom. The maximum atomic E-state index is 13.8. The zero-order valence-corrected chi connectivity index (χ0v) is 17.0. The van der Waals surface area contributed by atoms with Crippen LogP contribution in [0.1, 0.15) is 44.8 Å². The van der Waals surface area contributed by atoms with E-state index in [1.165, 1.54) is 18.2 Å². The molecule has 8 heteroatoms. The van der Waals surface area contributed by atoms with Gasteiger partial charge in [-0.1, -0.05) is 19.9 Å². The van der Waals surface area contributed by atoms with E-state index in [9.17, 15) is 20.2 Å². The molecule has 4 atom stereocenters. The SMILES string of the molecule is CCCC12OC(=N)C(C#N)(C1CC)C(C#N)(C#N)C(c1ccc(F)c(Br)c1)O2. The van der Waals surface area contributed by atoms with Crippen molar-refractivity contribution in [2.24, 2.45) is 16.7 Å². The van der Waals surface area contributed by atoms with Crippen LogP contribution in [0.15, 0.2) is 22.7 Å². The highest BCUT2D eigenvalue weighted by Gasteiger charge is 2.79. The third kappa shape index (κ3) is 2.27. The average molecular weight is 445 g/mol. The van der Waals surface area contributed by atoms with Gasteiger partial charge in [-0.05, 0) is 46.5 Å². The Hall–Kier alpha value is -2.47. The number of hydrogen-bond donors (Lipinski definition) is 1. The number of halogens is 2. The first-order valence-corrected chi connectivity index (χ1v) is 9.76. The number of nitrogens with zero attached hydrogens (tertiary/aromatic N) is 3. The van der Waals surface area contributed by atoms with Gasteiger partial charge in [0.25, 0.3) is 0 Å². The van der Waals surface area contributed by atoms with Gasteiger partial charge in [0, 0.05) is 6.42 Å². The molecule has 0 aromatic heterocycles. The molecule has 6 nitrogen and oxygen atoms in total. The van der Waals surface area contributed by atoms with Gasteiger partial charge in [-0.25, -0.2) is 4.39 Å². The molecule has 1 N–H and O–H groups in total. The Labute approximate surface area is 171 Å². The number of nitriles is 3. The Balaban J connectivity index is 2.35. The topological polar surface area (TPSA) is 114 Å². The highest BCUT2D eigenvalue weighted by molar-refractivity contribution is 9.10. The summed E-state index contributed by atoms with van der Waals surface area (Å²) in [6, 6.07) is 10.1. The molecule has 2 aliphatic rings. The molecule has 28 heavy (non-hydrogen) atoms. The molecule has 4 unspecified atom stereocenters. The van der Waals surface area contributed by atoms with Crippen molar-refractivity contribution < 1.29 is 13.9 Å². The fourth-order valence-corrected chi connectivity index (χ4v) is 5.04. The average Bonchev–Trinajstić information content (AvgIpc) is 2.87. The Morgan fingerprint density at radius 2 is 1.89 bits per heavy atom. The van der Waals surface area contributed by atoms with Gasteiger partial charge < -0.3 is 9.47 Å². The van der Waals surface area contributed by atoms with Crippen molar-refractivity contribution in [3.05, 3.63) is 34.1 Å². The van der Waals surface area contributed by atoms with Crippen molar-refractivity contribution in [3.63, 3.8) is 0 Å². The molecule has 0 spiro atoms. The summed E-state index contributed by atoms with van der Waals surface area (Å²) in [5, 5.41) is 38.9. The summed E-state index contributed by atoms with van der Waals surface area (Å²) < 4.78 is 26.0. The highest BCUT2D eigenvalue weighted by atomic mass is 79.9. The molecule has 2 aliphatic heterocycles. The van der Waals surface area contributed by atoms with Crippen LogP contribution in [0.2, 0.25) is 0 Å². The van der Waals surface area contributed by atoms with Crippen LogP contribution in [0, 0.1) is 62.0 Å². The van der Waals surface area contributed by atoms with E-state index in [2.05, 4.69) is 22.0 Å². The quantitative estimate of drug-likeness (QED) is 0.720. The van der Waals surface area contributed by atoms with Crippen molar-refractivity contribution in [1.29, 1.82) is 21.2 Å². The van der Waals surface area contributed by atoms with E-state index < -0.39 is 40.4 Å². The normalized spacial score (nSPS) is 32.7. The second-order valence-corrected chi connectivity index (χ2v) is 7.93. The van der Waals surface area contributed by atoms with Crippen LogP contribution in [0.25, 0.3) is 0 Å². The Bertz CT molecular complexity index is 948. The van der Waals surface area contributed by atoms with Gasteiger partial charge in [0.1, 0.15) is 11.9 Å². The van der Waals surface area contributed by atoms with Crippen molar-refractivity contribution >= 4 is 21.8 Å². The van der Waals surface area contributed by atoms with E-state index in [0.717, 1.165) is 0 Å². The number of benzene rings is 1. The molecule has 1 aromatic carbocycles. The number of hydrogen-bond acceptors (Lipinski definition) is 6. The first-order valence-electron chi connectivity index (χ1n) is 8.97. The molecule has 2 fully saturated rings. The van der Waals surface area contributed by atoms with Crippen molar-refractivity contribution in [2.75, 3.05) is 0 Å². The van der Waals surface area contributed by atoms with E-state index in [1.807, 2.05) is 26.0 Å². The molecular formula is C20H18BrFN4O2. The van der Waals surface area contributed by atoms with Crippen LogP contribution in [0.5, 0.6) is 0 Å². The third-order valence-corrected chi connectivity index (χ3v) is 6.41. The maximum absolute atomic E-state index is 13.8. The molecule has 0 radical (unpaired) electrons. The second kappa shape index (κ2) is 6.85. The standard InChI is InChI=1S/C20H18BrFN4O2/c1-3-7-20-15(4-2)19(11-25,17(26)28-20)18(9-23,10-24)16(27-20)12-5-6-14(22)13(21)8-12/h5-6,8,15-16,26H,3-4,7H2,1-2H3. The van der Waals surface area contributed by atoms with Gasteiger partial charge in [0.2, 0.25) is 17.1 Å². The number of ether oxygens (including phenoxy) is 2. The molecule has 2 saturated heterocycles. The lowest BCUT2D eigenvalue weighted by atomic mass is 9.52. The van der Waals surface area contributed by atoms with E-state index in [1.54, 1.807) is 0 Å². The molecule has 3 rings (SSSR count). The number of fused-ring (bicyclic) bond motifs is 2. The van der Waals surface area contributed by atoms with Gasteiger partial charge in [-0.15, -0.1) is 0 Å². The molecule has 144 valence electrons. The molecule has 2 heterocycles. The van der Waals surface area contributed by atoms with Crippen LogP contribution in [0.4, 0.5) is 4.39 Å². The van der Waals surface area contributed by atoms with E-state index in [-0.39, 0.29) is 4.47 Å². The van der Waals surface area contributed by atoms with Gasteiger partial charge >= 0.3 is 0 Å². The smallest absolute Gasteiger partial charge is 0.217 e. The van der Waals surface area contributed by atoms with Gasteiger partial charge in [0.15, 0.2) is 5.41 Å². The van der Waals surface area contributed by atoms with Gasteiger partial charge in [0.05, 0.1) is 28.6 Å². The minimum Gasteiger partial charge on any atom is -0.447 e. The van der Waals surface area contributed by atoms with Crippen molar-refractivity contribution in [2.45, 2.75) is 45.0 Å². The van der Waals surface area contributed by atoms with E-state index in [0.29, 0.717) is 24.8 Å². The monoisotopic (exact) mass is 444 g/mol. The van der Waals surface area contributed by atoms with Crippen LogP contribution in [-0.2, 0) is 9.47 Å². The number of rotatable bonds is 4. The third-order valence-electron chi connectivity index (χ3n) is 5.80. The van der Waals surface area contributed by atoms with E-state index in [4.69, 9.17) is 14.9 Å². The van der Waals surface area contributed by atoms with Crippen molar-refractivity contribution in [3.8, 4) is 18.2 Å². The van der Waals surface area contributed by atoms with Crippen LogP contribution in [-0.4, -0.2) is 11.7 Å². The summed E-state index contributed by atoms with van der Waals surface area (Å²) in [4.78, 5) is 0. The van der Waals surface area contributed by atoms with Gasteiger partial charge in [-0.3, -0.25) is 5.41 Å². The molecule has 0 amide bonds. The lowest BCUT2D eigenvalue weighted by molar-refractivity contribution is -0.286. The summed E-state index contributed by atoms with van der Waals surface area (Å²) in [7, 11) is 0.